The van der Waals surface area contributed by atoms with Crippen LogP contribution in [0.15, 0.2) is 24.3 Å². The third kappa shape index (κ3) is 3.57. The standard InChI is InChI=1S/C13H13F3N2O2/c1-18-12-5-3-2-4-10(12)11(17-18)6-9(19)7-20-8-13(14,15)16/h2-5H,6-8H2,1H3. The molecule has 1 aromatic carbocycles. The number of aromatic nitrogens is 2. The molecule has 20 heavy (non-hydrogen) atoms. The van der Waals surface area contributed by atoms with Crippen molar-refractivity contribution in [3.8, 4) is 0 Å². The van der Waals surface area contributed by atoms with E-state index in [2.05, 4.69) is 9.84 Å². The number of benzene rings is 1. The van der Waals surface area contributed by atoms with E-state index in [4.69, 9.17) is 0 Å². The molecule has 2 aromatic rings. The number of halogens is 3. The van der Waals surface area contributed by atoms with Gasteiger partial charge in [0.05, 0.1) is 17.6 Å². The lowest BCUT2D eigenvalue weighted by Gasteiger charge is -2.06. The molecular formula is C13H13F3N2O2. The van der Waals surface area contributed by atoms with Crippen molar-refractivity contribution in [3.05, 3.63) is 30.0 Å². The summed E-state index contributed by atoms with van der Waals surface area (Å²) in [5.74, 6) is -0.432. The van der Waals surface area contributed by atoms with E-state index < -0.39 is 25.2 Å². The van der Waals surface area contributed by atoms with E-state index in [-0.39, 0.29) is 6.42 Å². The van der Waals surface area contributed by atoms with Gasteiger partial charge in [-0.15, -0.1) is 0 Å². The third-order valence-electron chi connectivity index (χ3n) is 2.73. The van der Waals surface area contributed by atoms with Gasteiger partial charge in [-0.2, -0.15) is 18.3 Å². The van der Waals surface area contributed by atoms with Crippen molar-refractivity contribution in [2.24, 2.45) is 7.05 Å². The van der Waals surface area contributed by atoms with Crippen molar-refractivity contribution in [3.63, 3.8) is 0 Å². The molecule has 4 nitrogen and oxygen atoms in total. The number of carbonyl (C=O) groups excluding carboxylic acids is 1. The first-order valence-electron chi connectivity index (χ1n) is 5.93. The number of aryl methyl sites for hydroxylation is 1. The minimum Gasteiger partial charge on any atom is -0.364 e. The van der Waals surface area contributed by atoms with Crippen LogP contribution in [0, 0.1) is 0 Å². The van der Waals surface area contributed by atoms with Gasteiger partial charge in [-0.3, -0.25) is 9.48 Å². The number of rotatable bonds is 5. The summed E-state index contributed by atoms with van der Waals surface area (Å²) in [6, 6.07) is 7.35. The van der Waals surface area contributed by atoms with Crippen LogP contribution >= 0.6 is 0 Å². The highest BCUT2D eigenvalue weighted by molar-refractivity contribution is 5.89. The van der Waals surface area contributed by atoms with Gasteiger partial charge in [-0.05, 0) is 6.07 Å². The van der Waals surface area contributed by atoms with Crippen molar-refractivity contribution in [2.45, 2.75) is 12.6 Å². The number of carbonyl (C=O) groups is 1. The minimum absolute atomic E-state index is 0.0424. The molecule has 0 saturated heterocycles. The maximum Gasteiger partial charge on any atom is 0.411 e. The molecule has 0 fully saturated rings. The van der Waals surface area contributed by atoms with E-state index >= 15 is 0 Å². The highest BCUT2D eigenvalue weighted by Crippen LogP contribution is 2.18. The van der Waals surface area contributed by atoms with Crippen LogP contribution in [-0.2, 0) is 23.0 Å². The van der Waals surface area contributed by atoms with Crippen LogP contribution < -0.4 is 0 Å². The lowest BCUT2D eigenvalue weighted by Crippen LogP contribution is -2.21. The van der Waals surface area contributed by atoms with Gasteiger partial charge >= 0.3 is 6.18 Å². The van der Waals surface area contributed by atoms with Gasteiger partial charge in [-0.25, -0.2) is 0 Å². The zero-order valence-corrected chi connectivity index (χ0v) is 10.8. The molecule has 2 rings (SSSR count). The van der Waals surface area contributed by atoms with Crippen molar-refractivity contribution in [2.75, 3.05) is 13.2 Å². The Kier molecular flexibility index (Phi) is 4.08. The van der Waals surface area contributed by atoms with E-state index in [0.29, 0.717) is 5.69 Å². The molecule has 0 aliphatic carbocycles. The number of ether oxygens (including phenoxy) is 1. The number of alkyl halides is 3. The Morgan fingerprint density at radius 2 is 2.05 bits per heavy atom. The van der Waals surface area contributed by atoms with Crippen molar-refractivity contribution >= 4 is 16.7 Å². The lowest BCUT2D eigenvalue weighted by atomic mass is 10.1. The van der Waals surface area contributed by atoms with E-state index in [0.717, 1.165) is 10.9 Å². The average Bonchev–Trinajstić information content (AvgIpc) is 2.65. The number of ketones is 1. The second-order valence-electron chi connectivity index (χ2n) is 4.41. The SMILES string of the molecule is Cn1nc(CC(=O)COCC(F)(F)F)c2ccccc21. The molecule has 7 heteroatoms. The Hall–Kier alpha value is -1.89. The van der Waals surface area contributed by atoms with Gasteiger partial charge in [-0.1, -0.05) is 18.2 Å². The summed E-state index contributed by atoms with van der Waals surface area (Å²) >= 11 is 0. The summed E-state index contributed by atoms with van der Waals surface area (Å²) in [6.45, 7) is -1.98. The molecule has 0 aliphatic heterocycles. The largest absolute Gasteiger partial charge is 0.411 e. The van der Waals surface area contributed by atoms with Crippen LogP contribution in [0.3, 0.4) is 0 Å². The van der Waals surface area contributed by atoms with Gasteiger partial charge in [0.25, 0.3) is 0 Å². The van der Waals surface area contributed by atoms with Crippen LogP contribution in [0.25, 0.3) is 10.9 Å². The molecule has 0 amide bonds. The fraction of sp³-hybridized carbons (Fsp3) is 0.385. The number of fused-ring (bicyclic) bond motifs is 1. The Morgan fingerprint density at radius 3 is 2.75 bits per heavy atom. The Morgan fingerprint density at radius 1 is 1.35 bits per heavy atom. The zero-order chi connectivity index (χ0) is 14.8. The number of para-hydroxylation sites is 1. The van der Waals surface area contributed by atoms with E-state index in [1.54, 1.807) is 11.7 Å². The first-order chi connectivity index (χ1) is 9.37. The van der Waals surface area contributed by atoms with Gasteiger partial charge in [0.15, 0.2) is 5.78 Å². The van der Waals surface area contributed by atoms with Crippen LogP contribution in [0.1, 0.15) is 5.69 Å². The summed E-state index contributed by atoms with van der Waals surface area (Å²) < 4.78 is 41.7. The van der Waals surface area contributed by atoms with Gasteiger partial charge in [0.2, 0.25) is 0 Å². The van der Waals surface area contributed by atoms with Crippen molar-refractivity contribution in [1.82, 2.24) is 9.78 Å². The quantitative estimate of drug-likeness (QED) is 0.847. The van der Waals surface area contributed by atoms with Crippen LogP contribution in [0.5, 0.6) is 0 Å². The van der Waals surface area contributed by atoms with Crippen molar-refractivity contribution in [1.29, 1.82) is 0 Å². The van der Waals surface area contributed by atoms with E-state index in [1.807, 2.05) is 24.3 Å². The number of Topliss-reactive ketones (excluding diaryl/α,β-unsaturated/α-hetero) is 1. The fourth-order valence-electron chi connectivity index (χ4n) is 1.94. The molecule has 0 unspecified atom stereocenters. The first-order valence-corrected chi connectivity index (χ1v) is 5.93. The second kappa shape index (κ2) is 5.62. The maximum atomic E-state index is 11.9. The molecule has 1 heterocycles. The minimum atomic E-state index is -4.42. The summed E-state index contributed by atoms with van der Waals surface area (Å²) in [5, 5.41) is 5.02. The molecule has 0 N–H and O–H groups in total. The summed E-state index contributed by atoms with van der Waals surface area (Å²) in [4.78, 5) is 11.6. The molecular weight excluding hydrogens is 273 g/mol. The maximum absolute atomic E-state index is 11.9. The predicted octanol–water partition coefficient (Wildman–Crippen LogP) is 2.26. The topological polar surface area (TPSA) is 44.1 Å². The van der Waals surface area contributed by atoms with Crippen LogP contribution in [0.4, 0.5) is 13.2 Å². The van der Waals surface area contributed by atoms with Gasteiger partial charge in [0, 0.05) is 12.4 Å². The van der Waals surface area contributed by atoms with Gasteiger partial charge in [0.1, 0.15) is 13.2 Å². The smallest absolute Gasteiger partial charge is 0.364 e. The number of hydrogen-bond acceptors (Lipinski definition) is 3. The highest BCUT2D eigenvalue weighted by atomic mass is 19.4. The number of nitrogens with zero attached hydrogens (tertiary/aromatic N) is 2. The highest BCUT2D eigenvalue weighted by Gasteiger charge is 2.27. The Bertz CT molecular complexity index is 620. The average molecular weight is 286 g/mol. The molecule has 0 radical (unpaired) electrons. The molecule has 1 aromatic heterocycles. The van der Waals surface area contributed by atoms with E-state index in [1.165, 1.54) is 0 Å². The fourth-order valence-corrected chi connectivity index (χ4v) is 1.94. The summed E-state index contributed by atoms with van der Waals surface area (Å²) in [5.41, 5.74) is 1.41. The Labute approximate surface area is 113 Å². The second-order valence-corrected chi connectivity index (χ2v) is 4.41. The molecule has 0 bridgehead atoms. The lowest BCUT2D eigenvalue weighted by molar-refractivity contribution is -0.175. The predicted molar refractivity (Wildman–Crippen MR) is 66.3 cm³/mol. The van der Waals surface area contributed by atoms with Gasteiger partial charge < -0.3 is 4.74 Å². The van der Waals surface area contributed by atoms with Crippen LogP contribution in [-0.4, -0.2) is 35.0 Å². The normalized spacial score (nSPS) is 12.0. The monoisotopic (exact) mass is 286 g/mol. The molecule has 0 spiro atoms. The summed E-state index contributed by atoms with van der Waals surface area (Å²) in [6.07, 6.45) is -4.46. The molecule has 108 valence electrons. The summed E-state index contributed by atoms with van der Waals surface area (Å²) in [7, 11) is 1.75. The molecule has 0 atom stereocenters. The first kappa shape index (κ1) is 14.5. The van der Waals surface area contributed by atoms with E-state index in [9.17, 15) is 18.0 Å². The third-order valence-corrected chi connectivity index (χ3v) is 2.73. The van der Waals surface area contributed by atoms with Crippen LogP contribution in [0.2, 0.25) is 0 Å². The molecule has 0 saturated carbocycles. The van der Waals surface area contributed by atoms with Crippen molar-refractivity contribution < 1.29 is 22.7 Å². The number of hydrogen-bond donors (Lipinski definition) is 0. The Balaban J connectivity index is 2.00. The zero-order valence-electron chi connectivity index (χ0n) is 10.8. The molecule has 0 aliphatic rings.